The van der Waals surface area contributed by atoms with E-state index in [2.05, 4.69) is 4.90 Å². The van der Waals surface area contributed by atoms with E-state index in [9.17, 15) is 4.79 Å². The van der Waals surface area contributed by atoms with Crippen molar-refractivity contribution in [2.45, 2.75) is 19.3 Å². The highest BCUT2D eigenvalue weighted by atomic mass is 16.7. The van der Waals surface area contributed by atoms with Crippen LogP contribution in [0.3, 0.4) is 0 Å². The van der Waals surface area contributed by atoms with Crippen molar-refractivity contribution >= 4 is 5.97 Å². The van der Waals surface area contributed by atoms with Crippen LogP contribution in [0.1, 0.15) is 19.3 Å². The molecule has 0 bridgehead atoms. The molecule has 16 heavy (non-hydrogen) atoms. The summed E-state index contributed by atoms with van der Waals surface area (Å²) in [6.45, 7) is 2.24. The van der Waals surface area contributed by atoms with Crippen LogP contribution >= 0.6 is 0 Å². The highest BCUT2D eigenvalue weighted by molar-refractivity contribution is 5.72. The first-order chi connectivity index (χ1) is 7.84. The smallest absolute Gasteiger partial charge is 0.329 e. The first-order valence-corrected chi connectivity index (χ1v) is 5.45. The van der Waals surface area contributed by atoms with Crippen molar-refractivity contribution in [3.05, 3.63) is 24.7 Å². The molecule has 2 heterocycles. The average Bonchev–Trinajstić information content (AvgIpc) is 2.31. The SMILES string of the molecule is O=C(CN1CCCCC1)OC1=COC=CO1. The van der Waals surface area contributed by atoms with Gasteiger partial charge in [-0.15, -0.1) is 0 Å². The molecule has 0 aliphatic carbocycles. The zero-order valence-corrected chi connectivity index (χ0v) is 9.05. The van der Waals surface area contributed by atoms with E-state index in [4.69, 9.17) is 14.2 Å². The van der Waals surface area contributed by atoms with Gasteiger partial charge in [0.05, 0.1) is 6.54 Å². The minimum Gasteiger partial charge on any atom is -0.462 e. The monoisotopic (exact) mass is 225 g/mol. The van der Waals surface area contributed by atoms with Gasteiger partial charge < -0.3 is 14.2 Å². The van der Waals surface area contributed by atoms with E-state index in [1.807, 2.05) is 0 Å². The standard InChI is InChI=1S/C11H15NO4/c13-10(8-12-4-2-1-3-5-12)16-11-9-14-6-7-15-11/h6-7,9H,1-5,8H2. The van der Waals surface area contributed by atoms with Crippen molar-refractivity contribution in [3.8, 4) is 0 Å². The Morgan fingerprint density at radius 3 is 2.81 bits per heavy atom. The summed E-state index contributed by atoms with van der Waals surface area (Å²) in [7, 11) is 0. The van der Waals surface area contributed by atoms with Crippen LogP contribution in [-0.4, -0.2) is 30.5 Å². The molecule has 88 valence electrons. The fraction of sp³-hybridized carbons (Fsp3) is 0.545. The van der Waals surface area contributed by atoms with Crippen molar-refractivity contribution in [1.82, 2.24) is 4.90 Å². The molecule has 5 nitrogen and oxygen atoms in total. The molecule has 0 atom stereocenters. The zero-order chi connectivity index (χ0) is 11.2. The van der Waals surface area contributed by atoms with Gasteiger partial charge in [-0.05, 0) is 25.9 Å². The van der Waals surface area contributed by atoms with Crippen molar-refractivity contribution < 1.29 is 19.0 Å². The summed E-state index contributed by atoms with van der Waals surface area (Å²) in [5.74, 6) is -0.225. The minimum atomic E-state index is -0.313. The second-order valence-corrected chi connectivity index (χ2v) is 3.77. The Morgan fingerprint density at radius 1 is 1.31 bits per heavy atom. The fourth-order valence-electron chi connectivity index (χ4n) is 1.74. The van der Waals surface area contributed by atoms with Crippen molar-refractivity contribution in [2.75, 3.05) is 19.6 Å². The van der Waals surface area contributed by atoms with Crippen LogP contribution in [-0.2, 0) is 19.0 Å². The van der Waals surface area contributed by atoms with Crippen molar-refractivity contribution in [3.63, 3.8) is 0 Å². The van der Waals surface area contributed by atoms with Gasteiger partial charge in [-0.2, -0.15) is 0 Å². The molecular weight excluding hydrogens is 210 g/mol. The first kappa shape index (κ1) is 11.0. The Balaban J connectivity index is 1.73. The Bertz CT molecular complexity index is 305. The number of carbonyl (C=O) groups is 1. The van der Waals surface area contributed by atoms with Gasteiger partial charge in [-0.3, -0.25) is 9.69 Å². The molecule has 2 rings (SSSR count). The number of hydrogen-bond donors (Lipinski definition) is 0. The predicted octanol–water partition coefficient (Wildman–Crippen LogP) is 1.33. The third kappa shape index (κ3) is 3.27. The number of likely N-dealkylation sites (tertiary alicyclic amines) is 1. The molecule has 0 saturated carbocycles. The molecule has 2 aliphatic heterocycles. The second kappa shape index (κ2) is 5.55. The summed E-state index contributed by atoms with van der Waals surface area (Å²) >= 11 is 0. The first-order valence-electron chi connectivity index (χ1n) is 5.45. The molecule has 0 aromatic rings. The summed E-state index contributed by atoms with van der Waals surface area (Å²) in [4.78, 5) is 13.6. The zero-order valence-electron chi connectivity index (χ0n) is 9.05. The number of rotatable bonds is 3. The van der Waals surface area contributed by atoms with E-state index in [1.54, 1.807) is 0 Å². The summed E-state index contributed by atoms with van der Waals surface area (Å²) in [5.41, 5.74) is 0. The van der Waals surface area contributed by atoms with Gasteiger partial charge in [-0.25, -0.2) is 0 Å². The van der Waals surface area contributed by atoms with Crippen LogP contribution in [0.25, 0.3) is 0 Å². The van der Waals surface area contributed by atoms with Crippen LogP contribution in [0.2, 0.25) is 0 Å². The number of piperidine rings is 1. The number of ether oxygens (including phenoxy) is 3. The van der Waals surface area contributed by atoms with Gasteiger partial charge in [0, 0.05) is 0 Å². The number of carbonyl (C=O) groups excluding carboxylic acids is 1. The number of nitrogens with zero attached hydrogens (tertiary/aromatic N) is 1. The summed E-state index contributed by atoms with van der Waals surface area (Å²) in [5, 5.41) is 0. The average molecular weight is 225 g/mol. The van der Waals surface area contributed by atoms with E-state index in [-0.39, 0.29) is 11.9 Å². The molecule has 0 N–H and O–H groups in total. The molecule has 5 heteroatoms. The van der Waals surface area contributed by atoms with Gasteiger partial charge in [0.2, 0.25) is 0 Å². The maximum absolute atomic E-state index is 11.5. The van der Waals surface area contributed by atoms with Crippen LogP contribution < -0.4 is 0 Å². The lowest BCUT2D eigenvalue weighted by Gasteiger charge is -2.25. The van der Waals surface area contributed by atoms with Crippen LogP contribution in [0.4, 0.5) is 0 Å². The Kier molecular flexibility index (Phi) is 3.82. The van der Waals surface area contributed by atoms with E-state index >= 15 is 0 Å². The van der Waals surface area contributed by atoms with Crippen LogP contribution in [0.15, 0.2) is 24.7 Å². The maximum atomic E-state index is 11.5. The predicted molar refractivity (Wildman–Crippen MR) is 55.8 cm³/mol. The van der Waals surface area contributed by atoms with Gasteiger partial charge in [0.15, 0.2) is 6.26 Å². The third-order valence-electron chi connectivity index (χ3n) is 2.50. The topological polar surface area (TPSA) is 48.0 Å². The lowest BCUT2D eigenvalue weighted by atomic mass is 10.1. The third-order valence-corrected chi connectivity index (χ3v) is 2.50. The molecule has 0 radical (unpaired) electrons. The van der Waals surface area contributed by atoms with E-state index in [0.29, 0.717) is 6.54 Å². The summed E-state index contributed by atoms with van der Waals surface area (Å²) < 4.78 is 14.7. The van der Waals surface area contributed by atoms with E-state index in [0.717, 1.165) is 25.9 Å². The quantitative estimate of drug-likeness (QED) is 0.678. The number of hydrogen-bond acceptors (Lipinski definition) is 5. The van der Waals surface area contributed by atoms with Crippen LogP contribution in [0.5, 0.6) is 0 Å². The largest absolute Gasteiger partial charge is 0.462 e. The lowest BCUT2D eigenvalue weighted by Crippen LogP contribution is -2.35. The highest BCUT2D eigenvalue weighted by Crippen LogP contribution is 2.10. The lowest BCUT2D eigenvalue weighted by molar-refractivity contribution is -0.145. The van der Waals surface area contributed by atoms with Crippen LogP contribution in [0, 0.1) is 0 Å². The van der Waals surface area contributed by atoms with Gasteiger partial charge in [0.1, 0.15) is 12.5 Å². The summed E-state index contributed by atoms with van der Waals surface area (Å²) in [6.07, 6.45) is 7.49. The molecule has 0 spiro atoms. The van der Waals surface area contributed by atoms with Crippen molar-refractivity contribution in [1.29, 1.82) is 0 Å². The van der Waals surface area contributed by atoms with Gasteiger partial charge in [0.25, 0.3) is 0 Å². The molecule has 1 fully saturated rings. The number of esters is 1. The molecular formula is C11H15NO4. The van der Waals surface area contributed by atoms with E-state index < -0.39 is 0 Å². The molecule has 2 aliphatic rings. The Labute approximate surface area is 94.3 Å². The molecule has 1 saturated heterocycles. The Morgan fingerprint density at radius 2 is 2.12 bits per heavy atom. The fourth-order valence-corrected chi connectivity index (χ4v) is 1.74. The normalized spacial score (nSPS) is 20.6. The van der Waals surface area contributed by atoms with Gasteiger partial charge >= 0.3 is 11.9 Å². The Hall–Kier alpha value is -1.49. The molecule has 0 amide bonds. The van der Waals surface area contributed by atoms with Crippen molar-refractivity contribution in [2.24, 2.45) is 0 Å². The molecule has 0 aromatic carbocycles. The maximum Gasteiger partial charge on any atom is 0.329 e. The van der Waals surface area contributed by atoms with E-state index in [1.165, 1.54) is 25.2 Å². The summed E-state index contributed by atoms with van der Waals surface area (Å²) in [6, 6.07) is 0. The molecule has 0 unspecified atom stereocenters. The second-order valence-electron chi connectivity index (χ2n) is 3.77. The minimum absolute atomic E-state index is 0.0875. The highest BCUT2D eigenvalue weighted by Gasteiger charge is 2.16. The molecule has 0 aromatic heterocycles. The van der Waals surface area contributed by atoms with Gasteiger partial charge in [-0.1, -0.05) is 6.42 Å².